The predicted octanol–water partition coefficient (Wildman–Crippen LogP) is 8.01. The number of hydrogen-bond donors (Lipinski definition) is 3. The number of aromatic nitrogens is 4. The molecule has 0 aliphatic heterocycles. The van der Waals surface area contributed by atoms with Crippen molar-refractivity contribution in [3.05, 3.63) is 114 Å². The number of rotatable bonds is 32. The van der Waals surface area contributed by atoms with Gasteiger partial charge >= 0.3 is 0 Å². The van der Waals surface area contributed by atoms with Crippen LogP contribution < -0.4 is 20.1 Å². The minimum absolute atomic E-state index is 0.0118. The van der Waals surface area contributed by atoms with E-state index in [4.69, 9.17) is 47.4 Å². The molecule has 4 heterocycles. The lowest BCUT2D eigenvalue weighted by atomic mass is 9.89. The average molecular weight is 1060 g/mol. The van der Waals surface area contributed by atoms with Crippen molar-refractivity contribution in [3.8, 4) is 11.5 Å². The van der Waals surface area contributed by atoms with Crippen LogP contribution in [0.2, 0.25) is 0 Å². The van der Waals surface area contributed by atoms with Crippen LogP contribution >= 0.6 is 0 Å². The molecule has 0 aliphatic rings. The topological polar surface area (TPSA) is 231 Å². The van der Waals surface area contributed by atoms with E-state index < -0.39 is 10.8 Å². The maximum Gasteiger partial charge on any atom is 0.256 e. The van der Waals surface area contributed by atoms with Crippen LogP contribution in [0, 0.1) is 10.8 Å². The number of H-pyrrole nitrogens is 1. The zero-order valence-corrected chi connectivity index (χ0v) is 45.0. The number of amides is 2. The summed E-state index contributed by atoms with van der Waals surface area (Å²) in [6.07, 6.45) is 5.02. The third kappa shape index (κ3) is 20.8. The van der Waals surface area contributed by atoms with E-state index in [2.05, 4.69) is 25.6 Å². The number of ketones is 2. The molecule has 0 unspecified atom stereocenters. The summed E-state index contributed by atoms with van der Waals surface area (Å²) in [7, 11) is 3.27. The van der Waals surface area contributed by atoms with Gasteiger partial charge in [-0.15, -0.1) is 0 Å². The largest absolute Gasteiger partial charge is 0.491 e. The lowest BCUT2D eigenvalue weighted by Crippen LogP contribution is -2.20. The number of fused-ring (bicyclic) bond motifs is 2. The number of Topliss-reactive ketones (excluding diaryl/α,β-unsaturated/α-hetero) is 2. The number of aromatic amines is 1. The molecule has 0 saturated heterocycles. The Bertz CT molecular complexity index is 2520. The molecule has 3 N–H and O–H groups in total. The number of nitrogens with one attached hydrogen (secondary N) is 3. The molecule has 0 aliphatic carbocycles. The molecule has 6 aromatic rings. The number of anilines is 2. The molecule has 0 atom stereocenters. The molecule has 0 radical (unpaired) electrons. The van der Waals surface area contributed by atoms with Crippen molar-refractivity contribution in [2.45, 2.75) is 41.5 Å². The second-order valence-corrected chi connectivity index (χ2v) is 19.1. The summed E-state index contributed by atoms with van der Waals surface area (Å²) in [6, 6.07) is 20.7. The number of imidazole rings is 1. The van der Waals surface area contributed by atoms with Gasteiger partial charge in [0.25, 0.3) is 11.8 Å². The number of carbonyl (C=O) groups is 4. The second-order valence-electron chi connectivity index (χ2n) is 19.1. The Kier molecular flexibility index (Phi) is 24.9. The van der Waals surface area contributed by atoms with Crippen LogP contribution in [0.15, 0.2) is 91.4 Å². The number of hydrogen-bond acceptors (Lipinski definition) is 16. The number of benzene rings is 2. The Labute approximate surface area is 444 Å². The van der Waals surface area contributed by atoms with Gasteiger partial charge in [0.2, 0.25) is 0 Å². The molecule has 76 heavy (non-hydrogen) atoms. The van der Waals surface area contributed by atoms with Crippen molar-refractivity contribution in [3.63, 3.8) is 0 Å². The molecule has 2 amide bonds. The highest BCUT2D eigenvalue weighted by Crippen LogP contribution is 2.26. The highest BCUT2D eigenvalue weighted by molar-refractivity contribution is 6.06. The second kappa shape index (κ2) is 31.4. The minimum Gasteiger partial charge on any atom is -0.491 e. The first-order chi connectivity index (χ1) is 36.5. The number of carbonyl (C=O) groups excluding carboxylic acids is 4. The Morgan fingerprint density at radius 2 is 0.974 bits per heavy atom. The molecule has 20 heteroatoms. The number of ether oxygens (including phenoxy) is 10. The van der Waals surface area contributed by atoms with Gasteiger partial charge < -0.3 is 67.4 Å². The summed E-state index contributed by atoms with van der Waals surface area (Å²) < 4.78 is 55.3. The lowest BCUT2D eigenvalue weighted by molar-refractivity contribution is 0.000164. The first kappa shape index (κ1) is 60.2. The molecular formula is C56H74N6O14. The molecule has 20 nitrogen and oxygen atoms in total. The molecular weight excluding hydrogens is 981 g/mol. The molecule has 0 fully saturated rings. The summed E-state index contributed by atoms with van der Waals surface area (Å²) in [5.74, 6) is 1.11. The Balaban J connectivity index is 0.000000281. The Morgan fingerprint density at radius 1 is 0.526 bits per heavy atom. The maximum atomic E-state index is 12.7. The van der Waals surface area contributed by atoms with Crippen molar-refractivity contribution in [1.29, 1.82) is 0 Å². The molecule has 0 spiro atoms. The zero-order valence-electron chi connectivity index (χ0n) is 45.0. The first-order valence-corrected chi connectivity index (χ1v) is 25.2. The fourth-order valence-electron chi connectivity index (χ4n) is 6.79. The predicted molar refractivity (Wildman–Crippen MR) is 287 cm³/mol. The number of nitrogens with zero attached hydrogens (tertiary/aromatic N) is 3. The molecule has 412 valence electrons. The van der Waals surface area contributed by atoms with E-state index in [1.807, 2.05) is 41.5 Å². The van der Waals surface area contributed by atoms with Crippen molar-refractivity contribution in [2.75, 3.05) is 131 Å². The number of methoxy groups -OCH3 is 2. The van der Waals surface area contributed by atoms with E-state index in [0.29, 0.717) is 157 Å². The smallest absolute Gasteiger partial charge is 0.256 e. The monoisotopic (exact) mass is 1050 g/mol. The van der Waals surface area contributed by atoms with Gasteiger partial charge in [0, 0.05) is 54.0 Å². The molecule has 4 aromatic heterocycles. The van der Waals surface area contributed by atoms with Gasteiger partial charge in [0.1, 0.15) is 41.9 Å². The third-order valence-electron chi connectivity index (χ3n) is 10.9. The maximum absolute atomic E-state index is 12.7. The van der Waals surface area contributed by atoms with Crippen molar-refractivity contribution >= 4 is 51.4 Å². The van der Waals surface area contributed by atoms with E-state index >= 15 is 0 Å². The number of pyridine rings is 2. The fraction of sp³-hybridized carbons (Fsp3) is 0.464. The van der Waals surface area contributed by atoms with E-state index in [-0.39, 0.29) is 23.4 Å². The van der Waals surface area contributed by atoms with Gasteiger partial charge in [0.05, 0.1) is 116 Å². The third-order valence-corrected chi connectivity index (χ3v) is 10.9. The summed E-state index contributed by atoms with van der Waals surface area (Å²) >= 11 is 0. The zero-order chi connectivity index (χ0) is 54.8. The Morgan fingerprint density at radius 3 is 1.43 bits per heavy atom. The van der Waals surface area contributed by atoms with Crippen molar-refractivity contribution in [2.24, 2.45) is 10.8 Å². The van der Waals surface area contributed by atoms with Gasteiger partial charge in [-0.25, -0.2) is 9.97 Å². The molecule has 0 saturated carbocycles. The summed E-state index contributed by atoms with van der Waals surface area (Å²) in [5.41, 5.74) is 2.82. The van der Waals surface area contributed by atoms with Crippen LogP contribution in [0.1, 0.15) is 83.2 Å². The van der Waals surface area contributed by atoms with E-state index in [9.17, 15) is 19.2 Å². The SMILES string of the molecule is COCCOCCOCCOCCOc1ccc(C(=O)Nc2cc3cc(C(=O)C(C)(C)C)[nH]c3cn2)cc1.COCCOCCOCCOCCOc1ccc(C(=O)Nc2ccc3nc(C(=O)C(C)(C)C)cn3c2)cc1. The fourth-order valence-corrected chi connectivity index (χ4v) is 6.79. The summed E-state index contributed by atoms with van der Waals surface area (Å²) in [5, 5.41) is 6.47. The average Bonchev–Trinajstić information content (AvgIpc) is 4.04. The molecule has 2 aromatic carbocycles. The first-order valence-electron chi connectivity index (χ1n) is 25.2. The highest BCUT2D eigenvalue weighted by atomic mass is 16.6. The quantitative estimate of drug-likeness (QED) is 0.0268. The van der Waals surface area contributed by atoms with Crippen LogP contribution in [-0.4, -0.2) is 163 Å². The lowest BCUT2D eigenvalue weighted by Gasteiger charge is -2.14. The van der Waals surface area contributed by atoms with Crippen LogP contribution in [-0.2, 0) is 37.9 Å². The summed E-state index contributed by atoms with van der Waals surface area (Å²) in [4.78, 5) is 62.2. The van der Waals surface area contributed by atoms with E-state index in [0.717, 1.165) is 10.9 Å². The Hall–Kier alpha value is -6.62. The normalized spacial score (nSPS) is 11.6. The minimum atomic E-state index is -0.521. The molecule has 0 bridgehead atoms. The van der Waals surface area contributed by atoms with Crippen molar-refractivity contribution < 1.29 is 66.5 Å². The van der Waals surface area contributed by atoms with E-state index in [1.54, 1.807) is 110 Å². The summed E-state index contributed by atoms with van der Waals surface area (Å²) in [6.45, 7) is 19.1. The van der Waals surface area contributed by atoms with Crippen LogP contribution in [0.3, 0.4) is 0 Å². The van der Waals surface area contributed by atoms with Crippen LogP contribution in [0.5, 0.6) is 11.5 Å². The van der Waals surface area contributed by atoms with Gasteiger partial charge in [-0.05, 0) is 72.8 Å². The van der Waals surface area contributed by atoms with Crippen molar-refractivity contribution in [1.82, 2.24) is 19.4 Å². The van der Waals surface area contributed by atoms with E-state index in [1.165, 1.54) is 0 Å². The van der Waals surface area contributed by atoms with Crippen LogP contribution in [0.25, 0.3) is 16.6 Å². The highest BCUT2D eigenvalue weighted by Gasteiger charge is 2.26. The molecule has 6 rings (SSSR count). The van der Waals surface area contributed by atoms with Crippen LogP contribution in [0.4, 0.5) is 11.5 Å². The van der Waals surface area contributed by atoms with Gasteiger partial charge in [-0.2, -0.15) is 0 Å². The standard InChI is InChI=1S/2C28H37N3O7/c1-28(2,3)26(32)24-20-31-19-22(7-10-25(31)30-24)29-27(33)21-5-8-23(9-6-21)38-18-17-37-16-15-36-14-13-35-12-11-34-4;1-28(2,3)26(32)23-17-21-18-25(29-19-24(21)30-23)31-27(33)20-5-7-22(8-6-20)38-16-15-37-14-13-36-12-11-35-10-9-34-4/h5-10,19-20H,11-18H2,1-4H3,(H,29,33);5-8,17-19,30H,9-16H2,1-4H3,(H,29,31,33). The van der Waals surface area contributed by atoms with Gasteiger partial charge in [-0.3, -0.25) is 19.2 Å². The van der Waals surface area contributed by atoms with Gasteiger partial charge in [-0.1, -0.05) is 41.5 Å². The van der Waals surface area contributed by atoms with Gasteiger partial charge in [0.15, 0.2) is 11.6 Å².